The van der Waals surface area contributed by atoms with Crippen LogP contribution in [0.25, 0.3) is 0 Å². The minimum Gasteiger partial charge on any atom is -0.356 e. The van der Waals surface area contributed by atoms with Crippen LogP contribution in [0.4, 0.5) is 13.2 Å². The quantitative estimate of drug-likeness (QED) is 0.239. The summed E-state index contributed by atoms with van der Waals surface area (Å²) < 4.78 is 61.2. The predicted octanol–water partition coefficient (Wildman–Crippen LogP) is 3.37. The number of piperidine rings is 1. The molecule has 12 heteroatoms. The molecule has 1 heterocycles. The maximum Gasteiger partial charge on any atom is 0.511 e. The van der Waals surface area contributed by atoms with Gasteiger partial charge in [0.2, 0.25) is 0 Å². The van der Waals surface area contributed by atoms with E-state index in [0.717, 1.165) is 12.8 Å². The Morgan fingerprint density at radius 2 is 1.83 bits per heavy atom. The van der Waals surface area contributed by atoms with E-state index in [4.69, 9.17) is 11.6 Å². The van der Waals surface area contributed by atoms with Gasteiger partial charge in [0.1, 0.15) is 0 Å². The highest BCUT2D eigenvalue weighted by molar-refractivity contribution is 14.0. The summed E-state index contributed by atoms with van der Waals surface area (Å²) in [5.41, 5.74) is -4.08. The van der Waals surface area contributed by atoms with Gasteiger partial charge in [-0.3, -0.25) is 4.99 Å². The normalized spacial score (nSPS) is 16.9. The van der Waals surface area contributed by atoms with E-state index in [1.807, 2.05) is 24.3 Å². The fraction of sp³-hybridized carbons (Fsp3) is 0.588. The second kappa shape index (κ2) is 11.6. The molecule has 1 saturated heterocycles. The topological polar surface area (TPSA) is 73.8 Å². The molecule has 0 radical (unpaired) electrons. The van der Waals surface area contributed by atoms with Crippen molar-refractivity contribution in [2.24, 2.45) is 4.99 Å². The molecule has 0 atom stereocenters. The van der Waals surface area contributed by atoms with Crippen LogP contribution in [-0.2, 0) is 16.4 Å². The van der Waals surface area contributed by atoms with Crippen LogP contribution in [0.15, 0.2) is 29.3 Å². The fourth-order valence-corrected chi connectivity index (χ4v) is 4.04. The Hall–Kier alpha value is -0.790. The Bertz CT molecular complexity index is 768. The molecule has 0 aliphatic carbocycles. The molecule has 0 spiro atoms. The van der Waals surface area contributed by atoms with Crippen LogP contribution < -0.4 is 10.6 Å². The summed E-state index contributed by atoms with van der Waals surface area (Å²) in [6.07, 6.45) is 2.29. The average molecular weight is 569 g/mol. The highest BCUT2D eigenvalue weighted by Crippen LogP contribution is 2.28. The van der Waals surface area contributed by atoms with E-state index in [9.17, 15) is 21.6 Å². The van der Waals surface area contributed by atoms with Crippen molar-refractivity contribution in [2.45, 2.75) is 37.2 Å². The van der Waals surface area contributed by atoms with Crippen LogP contribution in [0.3, 0.4) is 0 Å². The number of hydrogen-bond donors (Lipinski definition) is 2. The molecular formula is C17H25ClF3IN4O2S. The fourth-order valence-electron chi connectivity index (χ4n) is 2.93. The number of nitrogens with zero attached hydrogens (tertiary/aromatic N) is 2. The molecule has 1 fully saturated rings. The van der Waals surface area contributed by atoms with E-state index >= 15 is 0 Å². The zero-order valence-electron chi connectivity index (χ0n) is 15.9. The molecule has 1 aliphatic rings. The van der Waals surface area contributed by atoms with Gasteiger partial charge in [0.15, 0.2) is 5.96 Å². The molecule has 0 saturated carbocycles. The van der Waals surface area contributed by atoms with Gasteiger partial charge in [-0.25, -0.2) is 8.42 Å². The Labute approximate surface area is 191 Å². The average Bonchev–Trinajstić information content (AvgIpc) is 2.65. The molecule has 0 unspecified atom stereocenters. The first kappa shape index (κ1) is 26.2. The molecular weight excluding hydrogens is 544 g/mol. The molecule has 2 N–H and O–H groups in total. The summed E-state index contributed by atoms with van der Waals surface area (Å²) in [6, 6.07) is 7.49. The highest BCUT2D eigenvalue weighted by atomic mass is 127. The van der Waals surface area contributed by atoms with Crippen molar-refractivity contribution in [2.75, 3.05) is 26.7 Å². The van der Waals surface area contributed by atoms with Crippen molar-refractivity contribution in [1.29, 1.82) is 0 Å². The molecule has 0 bridgehead atoms. The summed E-state index contributed by atoms with van der Waals surface area (Å²) in [7, 11) is -3.64. The van der Waals surface area contributed by atoms with Crippen molar-refractivity contribution in [3.05, 3.63) is 34.9 Å². The van der Waals surface area contributed by atoms with E-state index in [0.29, 0.717) is 21.8 Å². The van der Waals surface area contributed by atoms with Crippen molar-refractivity contribution in [3.8, 4) is 0 Å². The lowest BCUT2D eigenvalue weighted by Gasteiger charge is -2.32. The van der Waals surface area contributed by atoms with E-state index in [1.165, 1.54) is 5.56 Å². The highest BCUT2D eigenvalue weighted by Gasteiger charge is 2.50. The molecule has 1 aliphatic heterocycles. The van der Waals surface area contributed by atoms with Crippen LogP contribution >= 0.6 is 35.6 Å². The summed E-state index contributed by atoms with van der Waals surface area (Å²) >= 11 is 5.85. The van der Waals surface area contributed by atoms with E-state index in [-0.39, 0.29) is 55.9 Å². The predicted molar refractivity (Wildman–Crippen MR) is 119 cm³/mol. The number of aryl methyl sites for hydroxylation is 1. The first-order valence-corrected chi connectivity index (χ1v) is 10.7. The molecule has 6 nitrogen and oxygen atoms in total. The first-order valence-electron chi connectivity index (χ1n) is 8.91. The lowest BCUT2D eigenvalue weighted by Crippen LogP contribution is -2.51. The number of alkyl halides is 3. The summed E-state index contributed by atoms with van der Waals surface area (Å²) in [5, 5.41) is 7.00. The van der Waals surface area contributed by atoms with E-state index < -0.39 is 15.5 Å². The van der Waals surface area contributed by atoms with Crippen molar-refractivity contribution < 1.29 is 21.6 Å². The smallest absolute Gasteiger partial charge is 0.356 e. The van der Waals surface area contributed by atoms with Crippen molar-refractivity contribution in [3.63, 3.8) is 0 Å². The molecule has 1 aromatic carbocycles. The molecule has 2 rings (SSSR count). The van der Waals surface area contributed by atoms with Gasteiger partial charge in [0.25, 0.3) is 0 Å². The monoisotopic (exact) mass is 568 g/mol. The second-order valence-electron chi connectivity index (χ2n) is 6.50. The minimum absolute atomic E-state index is 0. The van der Waals surface area contributed by atoms with Crippen LogP contribution in [-0.4, -0.2) is 56.9 Å². The maximum atomic E-state index is 12.6. The third-order valence-electron chi connectivity index (χ3n) is 4.50. The minimum atomic E-state index is -5.26. The largest absolute Gasteiger partial charge is 0.511 e. The molecule has 0 aromatic heterocycles. The Morgan fingerprint density at radius 1 is 1.24 bits per heavy atom. The van der Waals surface area contributed by atoms with E-state index in [1.54, 1.807) is 7.05 Å². The van der Waals surface area contributed by atoms with Crippen LogP contribution in [0.2, 0.25) is 5.02 Å². The van der Waals surface area contributed by atoms with Gasteiger partial charge in [-0.05, 0) is 43.4 Å². The summed E-state index contributed by atoms with van der Waals surface area (Å²) in [6.45, 7) is 0.323. The van der Waals surface area contributed by atoms with Gasteiger partial charge in [0, 0.05) is 37.7 Å². The standard InChI is InChI=1S/C17H24ClF3N4O2S.HI/c1-22-16(23-10-2-3-13-4-6-14(18)7-5-13)24-15-8-11-25(12-9-15)28(26,27)17(19,20)21;/h4-7,15H,2-3,8-12H2,1H3,(H2,22,23,24);1H. The zero-order chi connectivity index (χ0) is 20.8. The molecule has 1 aromatic rings. The molecule has 166 valence electrons. The van der Waals surface area contributed by atoms with Gasteiger partial charge < -0.3 is 10.6 Å². The van der Waals surface area contributed by atoms with Crippen molar-refractivity contribution in [1.82, 2.24) is 14.9 Å². The number of sulfonamides is 1. The number of rotatable bonds is 6. The van der Waals surface area contributed by atoms with Crippen LogP contribution in [0.5, 0.6) is 0 Å². The van der Waals surface area contributed by atoms with Gasteiger partial charge >= 0.3 is 15.5 Å². The number of halogens is 5. The van der Waals surface area contributed by atoms with Gasteiger partial charge in [0.05, 0.1) is 0 Å². The number of aliphatic imine (C=N–C) groups is 1. The number of benzene rings is 1. The Balaban J connectivity index is 0.00000420. The third-order valence-corrected chi connectivity index (χ3v) is 6.38. The Kier molecular flexibility index (Phi) is 10.5. The van der Waals surface area contributed by atoms with Gasteiger partial charge in [-0.2, -0.15) is 17.5 Å². The first-order chi connectivity index (χ1) is 13.1. The van der Waals surface area contributed by atoms with Crippen LogP contribution in [0.1, 0.15) is 24.8 Å². The lowest BCUT2D eigenvalue weighted by atomic mass is 10.1. The SMILES string of the molecule is CN=C(NCCCc1ccc(Cl)cc1)NC1CCN(S(=O)(=O)C(F)(F)F)CC1.I. The zero-order valence-corrected chi connectivity index (χ0v) is 19.8. The maximum absolute atomic E-state index is 12.6. The molecule has 29 heavy (non-hydrogen) atoms. The van der Waals surface area contributed by atoms with Gasteiger partial charge in [-0.15, -0.1) is 24.0 Å². The lowest BCUT2D eigenvalue weighted by molar-refractivity contribution is -0.0494. The Morgan fingerprint density at radius 3 is 2.34 bits per heavy atom. The number of nitrogens with one attached hydrogen (secondary N) is 2. The van der Waals surface area contributed by atoms with Gasteiger partial charge in [-0.1, -0.05) is 23.7 Å². The van der Waals surface area contributed by atoms with Crippen LogP contribution in [0, 0.1) is 0 Å². The second-order valence-corrected chi connectivity index (χ2v) is 8.86. The third kappa shape index (κ3) is 7.76. The number of hydrogen-bond acceptors (Lipinski definition) is 3. The number of guanidine groups is 1. The summed E-state index contributed by atoms with van der Waals surface area (Å²) in [5.74, 6) is 0.549. The van der Waals surface area contributed by atoms with Crippen molar-refractivity contribution >= 4 is 51.6 Å². The molecule has 0 amide bonds. The van der Waals surface area contributed by atoms with E-state index in [2.05, 4.69) is 15.6 Å². The summed E-state index contributed by atoms with van der Waals surface area (Å²) in [4.78, 5) is 4.11.